The van der Waals surface area contributed by atoms with Crippen LogP contribution in [0.15, 0.2) is 22.4 Å². The summed E-state index contributed by atoms with van der Waals surface area (Å²) in [5, 5.41) is 12.9. The summed E-state index contributed by atoms with van der Waals surface area (Å²) < 4.78 is 1.18. The van der Waals surface area contributed by atoms with Crippen molar-refractivity contribution >= 4 is 44.8 Å². The summed E-state index contributed by atoms with van der Waals surface area (Å²) in [4.78, 5) is 1.19. The second kappa shape index (κ2) is 4.01. The molecule has 0 amide bonds. The minimum absolute atomic E-state index is 0.293. The highest BCUT2D eigenvalue weighted by molar-refractivity contribution is 7.99. The zero-order chi connectivity index (χ0) is 10.1. The predicted molar refractivity (Wildman–Crippen MR) is 64.8 cm³/mol. The van der Waals surface area contributed by atoms with Crippen molar-refractivity contribution in [1.82, 2.24) is 0 Å². The lowest BCUT2D eigenvalue weighted by Crippen LogP contribution is -1.81. The molecule has 0 atom stereocenters. The summed E-state index contributed by atoms with van der Waals surface area (Å²) in [5.74, 6) is 0.647. The Balaban J connectivity index is 2.81. The van der Waals surface area contributed by atoms with Gasteiger partial charge in [-0.2, -0.15) is 0 Å². The molecule has 0 saturated carbocycles. The molecule has 1 N–H and O–H groups in total. The molecule has 74 valence electrons. The van der Waals surface area contributed by atoms with Gasteiger partial charge in [-0.1, -0.05) is 0 Å². The first-order valence-electron chi connectivity index (χ1n) is 4.10. The van der Waals surface area contributed by atoms with Crippen molar-refractivity contribution in [3.05, 3.63) is 23.1 Å². The average Bonchev–Trinajstić information content (AvgIpc) is 2.61. The zero-order valence-corrected chi connectivity index (χ0v) is 9.97. The normalized spacial score (nSPS) is 11.0. The zero-order valence-electron chi connectivity index (χ0n) is 7.58. The first kappa shape index (κ1) is 10.1. The molecule has 0 aliphatic rings. The van der Waals surface area contributed by atoms with Crippen molar-refractivity contribution in [1.29, 1.82) is 0 Å². The van der Waals surface area contributed by atoms with E-state index in [0.29, 0.717) is 11.6 Å². The first-order chi connectivity index (χ1) is 6.77. The number of phenolic OH excluding ortho intramolecular Hbond substituents is 1. The van der Waals surface area contributed by atoms with Gasteiger partial charge in [-0.05, 0) is 18.4 Å². The SMILES string of the molecule is CSc1csc2ccc(O)c(CCl)c12. The van der Waals surface area contributed by atoms with Crippen molar-refractivity contribution in [2.45, 2.75) is 10.8 Å². The van der Waals surface area contributed by atoms with E-state index in [1.54, 1.807) is 29.2 Å². The van der Waals surface area contributed by atoms with E-state index in [2.05, 4.69) is 5.38 Å². The monoisotopic (exact) mass is 244 g/mol. The Bertz CT molecular complexity index is 464. The highest BCUT2D eigenvalue weighted by atomic mass is 35.5. The fourth-order valence-electron chi connectivity index (χ4n) is 1.45. The maximum atomic E-state index is 9.66. The summed E-state index contributed by atoms with van der Waals surface area (Å²) in [7, 11) is 0. The lowest BCUT2D eigenvalue weighted by Gasteiger charge is -2.03. The standard InChI is InChI=1S/C10H9ClOS2/c1-13-9-5-14-8-3-2-7(12)6(4-11)10(8)9/h2-3,5,12H,4H2,1H3. The van der Waals surface area contributed by atoms with Gasteiger partial charge in [-0.15, -0.1) is 34.7 Å². The molecule has 14 heavy (non-hydrogen) atoms. The van der Waals surface area contributed by atoms with Crippen molar-refractivity contribution in [2.75, 3.05) is 6.26 Å². The fourth-order valence-corrected chi connectivity index (χ4v) is 3.60. The second-order valence-electron chi connectivity index (χ2n) is 2.87. The predicted octanol–water partition coefficient (Wildman–Crippen LogP) is 4.07. The maximum Gasteiger partial charge on any atom is 0.120 e. The highest BCUT2D eigenvalue weighted by Gasteiger charge is 2.11. The number of benzene rings is 1. The number of alkyl halides is 1. The first-order valence-corrected chi connectivity index (χ1v) is 6.73. The van der Waals surface area contributed by atoms with Crippen molar-refractivity contribution in [3.8, 4) is 5.75 Å². The van der Waals surface area contributed by atoms with Crippen LogP contribution in [-0.4, -0.2) is 11.4 Å². The summed E-state index contributed by atoms with van der Waals surface area (Å²) in [6.07, 6.45) is 2.03. The Kier molecular flexibility index (Phi) is 2.91. The number of hydrogen-bond acceptors (Lipinski definition) is 3. The molecule has 1 aromatic heterocycles. The van der Waals surface area contributed by atoms with E-state index in [1.165, 1.54) is 9.60 Å². The number of thiophene rings is 1. The second-order valence-corrected chi connectivity index (χ2v) is 4.90. The van der Waals surface area contributed by atoms with Gasteiger partial charge in [0.2, 0.25) is 0 Å². The van der Waals surface area contributed by atoms with Gasteiger partial charge in [-0.3, -0.25) is 0 Å². The van der Waals surface area contributed by atoms with Gasteiger partial charge in [0.1, 0.15) is 5.75 Å². The summed E-state index contributed by atoms with van der Waals surface area (Å²) in [5.41, 5.74) is 0.842. The van der Waals surface area contributed by atoms with E-state index in [-0.39, 0.29) is 0 Å². The van der Waals surface area contributed by atoms with Crippen LogP contribution < -0.4 is 0 Å². The Morgan fingerprint density at radius 1 is 1.50 bits per heavy atom. The van der Waals surface area contributed by atoms with Crippen LogP contribution in [0.2, 0.25) is 0 Å². The molecule has 0 bridgehead atoms. The number of hydrogen-bond donors (Lipinski definition) is 1. The van der Waals surface area contributed by atoms with Crippen LogP contribution in [-0.2, 0) is 5.88 Å². The average molecular weight is 245 g/mol. The number of phenols is 1. The molecule has 0 radical (unpaired) electrons. The van der Waals surface area contributed by atoms with Crippen LogP contribution in [0.3, 0.4) is 0 Å². The van der Waals surface area contributed by atoms with Crippen LogP contribution in [0, 0.1) is 0 Å². The van der Waals surface area contributed by atoms with Crippen molar-refractivity contribution < 1.29 is 5.11 Å². The Labute approximate surface area is 95.7 Å². The van der Waals surface area contributed by atoms with Crippen LogP contribution in [0.4, 0.5) is 0 Å². The van der Waals surface area contributed by atoms with E-state index >= 15 is 0 Å². The summed E-state index contributed by atoms with van der Waals surface area (Å²) >= 11 is 9.20. The molecule has 0 aliphatic carbocycles. The molecule has 0 fully saturated rings. The van der Waals surface area contributed by atoms with E-state index in [0.717, 1.165) is 10.9 Å². The Morgan fingerprint density at radius 3 is 2.93 bits per heavy atom. The third kappa shape index (κ3) is 1.49. The van der Waals surface area contributed by atoms with Gasteiger partial charge in [0.25, 0.3) is 0 Å². The lowest BCUT2D eigenvalue weighted by molar-refractivity contribution is 0.471. The van der Waals surface area contributed by atoms with E-state index in [1.807, 2.05) is 12.3 Å². The minimum atomic E-state index is 0.293. The van der Waals surface area contributed by atoms with Crippen LogP contribution in [0.25, 0.3) is 10.1 Å². The molecule has 1 nitrogen and oxygen atoms in total. The summed E-state index contributed by atoms with van der Waals surface area (Å²) in [6.45, 7) is 0. The number of halogens is 1. The number of rotatable bonds is 2. The van der Waals surface area contributed by atoms with Crippen molar-refractivity contribution in [3.63, 3.8) is 0 Å². The summed E-state index contributed by atoms with van der Waals surface area (Å²) in [6, 6.07) is 3.64. The molecule has 0 unspecified atom stereocenters. The van der Waals surface area contributed by atoms with Gasteiger partial charge in [-0.25, -0.2) is 0 Å². The van der Waals surface area contributed by atoms with Crippen molar-refractivity contribution in [2.24, 2.45) is 0 Å². The molecular formula is C10H9ClOS2. The van der Waals surface area contributed by atoms with Gasteiger partial charge in [0.15, 0.2) is 0 Å². The number of thioether (sulfide) groups is 1. The van der Waals surface area contributed by atoms with Gasteiger partial charge in [0.05, 0.1) is 5.88 Å². The van der Waals surface area contributed by atoms with Gasteiger partial charge < -0.3 is 5.11 Å². The highest BCUT2D eigenvalue weighted by Crippen LogP contribution is 2.38. The lowest BCUT2D eigenvalue weighted by atomic mass is 10.1. The molecule has 0 spiro atoms. The number of fused-ring (bicyclic) bond motifs is 1. The van der Waals surface area contributed by atoms with Crippen LogP contribution in [0.5, 0.6) is 5.75 Å². The molecule has 2 rings (SSSR count). The molecular weight excluding hydrogens is 236 g/mol. The Morgan fingerprint density at radius 2 is 2.29 bits per heavy atom. The maximum absolute atomic E-state index is 9.66. The molecule has 0 aliphatic heterocycles. The van der Waals surface area contributed by atoms with E-state index in [4.69, 9.17) is 11.6 Å². The smallest absolute Gasteiger partial charge is 0.120 e. The van der Waals surface area contributed by atoms with Gasteiger partial charge >= 0.3 is 0 Å². The van der Waals surface area contributed by atoms with E-state index < -0.39 is 0 Å². The van der Waals surface area contributed by atoms with Crippen LogP contribution >= 0.6 is 34.7 Å². The molecule has 2 aromatic rings. The molecule has 0 saturated heterocycles. The minimum Gasteiger partial charge on any atom is -0.508 e. The largest absolute Gasteiger partial charge is 0.508 e. The third-order valence-corrected chi connectivity index (χ3v) is 4.27. The molecule has 1 heterocycles. The third-order valence-electron chi connectivity index (χ3n) is 2.14. The fraction of sp³-hybridized carbons (Fsp3) is 0.200. The molecule has 1 aromatic carbocycles. The molecule has 4 heteroatoms. The number of aromatic hydroxyl groups is 1. The van der Waals surface area contributed by atoms with Gasteiger partial charge in [0, 0.05) is 25.9 Å². The quantitative estimate of drug-likeness (QED) is 0.635. The van der Waals surface area contributed by atoms with E-state index in [9.17, 15) is 5.11 Å². The Hall–Kier alpha value is -0.380. The topological polar surface area (TPSA) is 20.2 Å². The van der Waals surface area contributed by atoms with Crippen LogP contribution in [0.1, 0.15) is 5.56 Å².